The molecular weight excluding hydrogens is 593 g/mol. The molecule has 1 amide bonds. The summed E-state index contributed by atoms with van der Waals surface area (Å²) in [6, 6.07) is 6.94. The highest BCUT2D eigenvalue weighted by Crippen LogP contribution is 2.58. The summed E-state index contributed by atoms with van der Waals surface area (Å²) in [4.78, 5) is 15.4. The Labute approximate surface area is 266 Å². The fourth-order valence-electron chi connectivity index (χ4n) is 9.05. The number of piperidine rings is 1. The summed E-state index contributed by atoms with van der Waals surface area (Å²) < 4.78 is 48.5. The molecule has 1 aromatic rings. The Morgan fingerprint density at radius 1 is 1.14 bits per heavy atom. The Hall–Kier alpha value is -2.14. The van der Waals surface area contributed by atoms with E-state index >= 15 is 0 Å². The molecule has 8 nitrogen and oxygen atoms in total. The van der Waals surface area contributed by atoms with E-state index in [-0.39, 0.29) is 29.4 Å². The van der Waals surface area contributed by atoms with Crippen LogP contribution < -0.4 is 0 Å². The number of unbranched alkanes of at least 4 members (excludes halogenated alkanes) is 1. The molecule has 44 heavy (non-hydrogen) atoms. The smallest absolute Gasteiger partial charge is 0.410 e. The van der Waals surface area contributed by atoms with Crippen molar-refractivity contribution in [2.24, 2.45) is 11.8 Å². The van der Waals surface area contributed by atoms with Crippen LogP contribution in [0.1, 0.15) is 79.2 Å². The first-order chi connectivity index (χ1) is 20.8. The maximum absolute atomic E-state index is 14.0. The van der Waals surface area contributed by atoms with Gasteiger partial charge in [-0.3, -0.25) is 4.90 Å². The topological polar surface area (TPSA) is 85.4 Å². The Bertz CT molecular complexity index is 1340. The van der Waals surface area contributed by atoms with Crippen LogP contribution >= 0.6 is 0 Å². The average molecular weight is 645 g/mol. The molecule has 0 aromatic heterocycles. The molecule has 244 valence electrons. The molecule has 5 atom stereocenters. The second-order valence-corrected chi connectivity index (χ2v) is 21.5. The van der Waals surface area contributed by atoms with Crippen molar-refractivity contribution in [1.29, 1.82) is 0 Å². The van der Waals surface area contributed by atoms with Crippen molar-refractivity contribution >= 4 is 24.4 Å². The Balaban J connectivity index is 1.46. The zero-order chi connectivity index (χ0) is 32.0. The predicted molar refractivity (Wildman–Crippen MR) is 175 cm³/mol. The van der Waals surface area contributed by atoms with Gasteiger partial charge in [-0.15, -0.1) is 6.58 Å². The van der Waals surface area contributed by atoms with Gasteiger partial charge in [0.1, 0.15) is 5.54 Å². The number of allylic oxidation sites excluding steroid dienone is 2. The van der Waals surface area contributed by atoms with Crippen LogP contribution in [0.25, 0.3) is 0 Å². The van der Waals surface area contributed by atoms with Crippen molar-refractivity contribution in [3.05, 3.63) is 54.3 Å². The van der Waals surface area contributed by atoms with Crippen LogP contribution in [0.15, 0.2) is 53.7 Å². The molecule has 5 rings (SSSR count). The highest BCUT2D eigenvalue weighted by atomic mass is 32.2. The van der Waals surface area contributed by atoms with Gasteiger partial charge in [-0.25, -0.2) is 13.2 Å². The maximum Gasteiger partial charge on any atom is 0.410 e. The quantitative estimate of drug-likeness (QED) is 0.0965. The highest BCUT2D eigenvalue weighted by molar-refractivity contribution is 7.89. The number of benzene rings is 1. The lowest BCUT2D eigenvalue weighted by Crippen LogP contribution is -2.66. The molecule has 4 aliphatic heterocycles. The van der Waals surface area contributed by atoms with Gasteiger partial charge in [0.15, 0.2) is 12.3 Å². The average Bonchev–Trinajstić information content (AvgIpc) is 3.57. The summed E-state index contributed by atoms with van der Waals surface area (Å²) in [6.07, 6.45) is 6.70. The zero-order valence-electron chi connectivity index (χ0n) is 27.6. The SMILES string of the molecule is C=CCCC/C(=C\O[Si](C(C)C)(C(C)C)C(C)C)C[C@@H]1CN2C(=O)O[C@@H]3CO[C@H]4N(S(=O)(=O)c5ccc(C)cc5)CC[C@@H]1[C@@]342. The van der Waals surface area contributed by atoms with Crippen LogP contribution in [0.3, 0.4) is 0 Å². The first-order valence-electron chi connectivity index (χ1n) is 16.5. The number of rotatable bonds is 13. The van der Waals surface area contributed by atoms with Gasteiger partial charge in [-0.2, -0.15) is 4.31 Å². The largest absolute Gasteiger partial charge is 0.548 e. The fraction of sp³-hybridized carbons (Fsp3) is 0.676. The molecule has 4 fully saturated rings. The lowest BCUT2D eigenvalue weighted by atomic mass is 9.71. The van der Waals surface area contributed by atoms with Crippen LogP contribution in [0.4, 0.5) is 4.79 Å². The lowest BCUT2D eigenvalue weighted by molar-refractivity contribution is -0.0736. The van der Waals surface area contributed by atoms with E-state index < -0.39 is 36.2 Å². The van der Waals surface area contributed by atoms with Gasteiger partial charge in [0.2, 0.25) is 10.0 Å². The summed E-state index contributed by atoms with van der Waals surface area (Å²) in [5, 5.41) is 0. The minimum atomic E-state index is -3.84. The Kier molecular flexibility index (Phi) is 9.49. The van der Waals surface area contributed by atoms with Crippen LogP contribution in [-0.2, 0) is 23.9 Å². The van der Waals surface area contributed by atoms with E-state index in [9.17, 15) is 13.2 Å². The first kappa shape index (κ1) is 33.2. The van der Waals surface area contributed by atoms with E-state index in [1.54, 1.807) is 12.1 Å². The third-order valence-electron chi connectivity index (χ3n) is 10.9. The monoisotopic (exact) mass is 644 g/mol. The van der Waals surface area contributed by atoms with Crippen LogP contribution in [0, 0.1) is 18.8 Å². The molecular formula is C34H52N2O6SSi. The van der Waals surface area contributed by atoms with E-state index in [2.05, 4.69) is 54.4 Å². The van der Waals surface area contributed by atoms with Crippen molar-refractivity contribution in [3.8, 4) is 0 Å². The lowest BCUT2D eigenvalue weighted by Gasteiger charge is -2.47. The van der Waals surface area contributed by atoms with Crippen molar-refractivity contribution in [1.82, 2.24) is 9.21 Å². The van der Waals surface area contributed by atoms with Gasteiger partial charge in [-0.1, -0.05) is 65.3 Å². The van der Waals surface area contributed by atoms with Crippen molar-refractivity contribution in [3.63, 3.8) is 0 Å². The molecule has 1 aromatic carbocycles. The normalized spacial score (nSPS) is 29.0. The maximum atomic E-state index is 14.0. The highest BCUT2D eigenvalue weighted by Gasteiger charge is 2.75. The molecule has 0 radical (unpaired) electrons. The number of hydrogen-bond donors (Lipinski definition) is 0. The number of aryl methyl sites for hydroxylation is 1. The summed E-state index contributed by atoms with van der Waals surface area (Å²) in [5.74, 6) is 0.214. The molecule has 0 bridgehead atoms. The summed E-state index contributed by atoms with van der Waals surface area (Å²) in [5.41, 5.74) is 2.84. The van der Waals surface area contributed by atoms with Gasteiger partial charge < -0.3 is 13.9 Å². The summed E-state index contributed by atoms with van der Waals surface area (Å²) in [7, 11) is -5.96. The number of ether oxygens (including phenoxy) is 2. The van der Waals surface area contributed by atoms with E-state index in [1.807, 2.05) is 30.0 Å². The number of amides is 1. The summed E-state index contributed by atoms with van der Waals surface area (Å²) >= 11 is 0. The molecule has 10 heteroatoms. The number of carbonyl (C=O) groups excluding carboxylic acids is 1. The number of nitrogens with zero attached hydrogens (tertiary/aromatic N) is 2. The molecule has 0 saturated carbocycles. The van der Waals surface area contributed by atoms with Crippen LogP contribution in [0.2, 0.25) is 16.6 Å². The van der Waals surface area contributed by atoms with Crippen molar-refractivity contribution in [2.45, 2.75) is 120 Å². The van der Waals surface area contributed by atoms with Crippen molar-refractivity contribution in [2.75, 3.05) is 19.7 Å². The third kappa shape index (κ3) is 5.27. The molecule has 1 spiro atoms. The standard InChI is InChI=1S/C34H52N2O6SSi/c1-9-10-11-12-27(21-41-44(23(2)3,24(4)5)25(6)7)19-28-20-35-33(37)42-31-22-40-32-34(31,35)30(28)17-18-36(32)43(38,39)29-15-13-26(8)14-16-29/h9,13-16,21,23-25,28,30-32H,1,10-12,17-20,22H2,2-8H3/b27-21+/t28-,30+,31-,32-,34-/m1/s1. The second-order valence-electron chi connectivity index (χ2n) is 14.2. The molecule has 0 N–H and O–H groups in total. The van der Waals surface area contributed by atoms with Crippen molar-refractivity contribution < 1.29 is 27.1 Å². The number of sulfonamides is 1. The minimum absolute atomic E-state index is 0.0565. The Morgan fingerprint density at radius 2 is 1.80 bits per heavy atom. The second kappa shape index (κ2) is 12.6. The van der Waals surface area contributed by atoms with Gasteiger partial charge in [0.05, 0.1) is 17.8 Å². The molecule has 4 aliphatic rings. The Morgan fingerprint density at radius 3 is 2.41 bits per heavy atom. The first-order valence-corrected chi connectivity index (χ1v) is 20.0. The molecule has 4 heterocycles. The predicted octanol–water partition coefficient (Wildman–Crippen LogP) is 7.37. The van der Waals surface area contributed by atoms with E-state index in [0.29, 0.717) is 36.1 Å². The zero-order valence-corrected chi connectivity index (χ0v) is 29.4. The third-order valence-corrected chi connectivity index (χ3v) is 18.7. The van der Waals surface area contributed by atoms with E-state index in [1.165, 1.54) is 9.88 Å². The molecule has 0 aliphatic carbocycles. The van der Waals surface area contributed by atoms with E-state index in [0.717, 1.165) is 31.2 Å². The number of carbonyl (C=O) groups is 1. The summed E-state index contributed by atoms with van der Waals surface area (Å²) in [6.45, 7) is 20.7. The molecule has 4 saturated heterocycles. The molecule has 0 unspecified atom stereocenters. The number of hydrogen-bond acceptors (Lipinski definition) is 6. The van der Waals surface area contributed by atoms with Gasteiger partial charge in [-0.05, 0) is 85.2 Å². The van der Waals surface area contributed by atoms with Crippen LogP contribution in [-0.4, -0.2) is 69.6 Å². The van der Waals surface area contributed by atoms with Gasteiger partial charge in [0.25, 0.3) is 8.32 Å². The minimum Gasteiger partial charge on any atom is -0.548 e. The van der Waals surface area contributed by atoms with E-state index in [4.69, 9.17) is 13.9 Å². The van der Waals surface area contributed by atoms with Gasteiger partial charge in [0, 0.05) is 13.1 Å². The van der Waals surface area contributed by atoms with Gasteiger partial charge >= 0.3 is 6.09 Å². The van der Waals surface area contributed by atoms with Crippen LogP contribution in [0.5, 0.6) is 0 Å². The fourth-order valence-corrected chi connectivity index (χ4v) is 15.8.